The maximum absolute atomic E-state index is 6.47. The van der Waals surface area contributed by atoms with Crippen molar-refractivity contribution in [2.75, 3.05) is 18.5 Å². The lowest BCUT2D eigenvalue weighted by atomic mass is 10.1. The second kappa shape index (κ2) is 7.48. The van der Waals surface area contributed by atoms with Crippen LogP contribution in [0.4, 0.5) is 11.4 Å². The topological polar surface area (TPSA) is 15.3 Å². The van der Waals surface area contributed by atoms with Crippen LogP contribution in [-0.4, -0.2) is 13.6 Å². The van der Waals surface area contributed by atoms with E-state index in [4.69, 9.17) is 11.6 Å². The molecular weight excluding hydrogens is 280 g/mol. The number of halogens is 1. The van der Waals surface area contributed by atoms with Gasteiger partial charge in [-0.15, -0.1) is 0 Å². The molecule has 112 valence electrons. The average molecular weight is 303 g/mol. The standard InChI is InChI=1S/C18H23ClN2/c1-4-12-20-14(2)17-11-10-16(13-18(17)19)21(3)15-8-6-5-7-9-15/h5-11,13-14,20H,4,12H2,1-3H3. The molecule has 3 heteroatoms. The Kier molecular flexibility index (Phi) is 5.66. The molecule has 1 N–H and O–H groups in total. The van der Waals surface area contributed by atoms with Crippen molar-refractivity contribution in [2.24, 2.45) is 0 Å². The third kappa shape index (κ3) is 3.99. The summed E-state index contributed by atoms with van der Waals surface area (Å²) in [4.78, 5) is 2.14. The summed E-state index contributed by atoms with van der Waals surface area (Å²) in [5, 5.41) is 4.28. The van der Waals surface area contributed by atoms with Gasteiger partial charge in [0.2, 0.25) is 0 Å². The minimum atomic E-state index is 0.272. The van der Waals surface area contributed by atoms with E-state index in [-0.39, 0.29) is 6.04 Å². The van der Waals surface area contributed by atoms with E-state index in [0.29, 0.717) is 0 Å². The highest BCUT2D eigenvalue weighted by atomic mass is 35.5. The lowest BCUT2D eigenvalue weighted by molar-refractivity contribution is 0.571. The first-order valence-corrected chi connectivity index (χ1v) is 7.83. The molecule has 21 heavy (non-hydrogen) atoms. The molecule has 0 heterocycles. The highest BCUT2D eigenvalue weighted by molar-refractivity contribution is 6.31. The molecule has 0 aliphatic heterocycles. The van der Waals surface area contributed by atoms with Gasteiger partial charge in [-0.3, -0.25) is 0 Å². The highest BCUT2D eigenvalue weighted by Gasteiger charge is 2.11. The first-order valence-electron chi connectivity index (χ1n) is 7.45. The zero-order valence-electron chi connectivity index (χ0n) is 12.9. The quantitative estimate of drug-likeness (QED) is 0.792. The van der Waals surface area contributed by atoms with Crippen LogP contribution < -0.4 is 10.2 Å². The molecule has 2 aromatic rings. The molecule has 0 spiro atoms. The van der Waals surface area contributed by atoms with Gasteiger partial charge in [0.25, 0.3) is 0 Å². The zero-order valence-corrected chi connectivity index (χ0v) is 13.7. The second-order valence-electron chi connectivity index (χ2n) is 5.28. The van der Waals surface area contributed by atoms with Gasteiger partial charge in [-0.05, 0) is 49.7 Å². The molecule has 2 rings (SSSR count). The van der Waals surface area contributed by atoms with E-state index in [2.05, 4.69) is 55.4 Å². The van der Waals surface area contributed by atoms with Crippen LogP contribution in [0.15, 0.2) is 48.5 Å². The Labute approximate surface area is 132 Å². The van der Waals surface area contributed by atoms with E-state index >= 15 is 0 Å². The fourth-order valence-electron chi connectivity index (χ4n) is 2.35. The molecule has 2 aromatic carbocycles. The molecule has 0 aliphatic carbocycles. The second-order valence-corrected chi connectivity index (χ2v) is 5.68. The van der Waals surface area contributed by atoms with Gasteiger partial charge in [0.15, 0.2) is 0 Å². The minimum Gasteiger partial charge on any atom is -0.345 e. The normalized spacial score (nSPS) is 12.2. The highest BCUT2D eigenvalue weighted by Crippen LogP contribution is 2.30. The SMILES string of the molecule is CCCNC(C)c1ccc(N(C)c2ccccc2)cc1Cl. The van der Waals surface area contributed by atoms with Gasteiger partial charge < -0.3 is 10.2 Å². The first-order chi connectivity index (χ1) is 10.1. The fourth-order valence-corrected chi connectivity index (χ4v) is 2.69. The summed E-state index contributed by atoms with van der Waals surface area (Å²) in [6, 6.07) is 16.8. The predicted molar refractivity (Wildman–Crippen MR) is 92.7 cm³/mol. The molecule has 0 aromatic heterocycles. The molecule has 0 amide bonds. The number of nitrogens with one attached hydrogen (secondary N) is 1. The van der Waals surface area contributed by atoms with Crippen LogP contribution in [0.25, 0.3) is 0 Å². The molecule has 0 saturated carbocycles. The Morgan fingerprint density at radius 1 is 1.10 bits per heavy atom. The van der Waals surface area contributed by atoms with Crippen LogP contribution in [0, 0.1) is 0 Å². The van der Waals surface area contributed by atoms with Crippen molar-refractivity contribution in [1.29, 1.82) is 0 Å². The monoisotopic (exact) mass is 302 g/mol. The van der Waals surface area contributed by atoms with E-state index in [1.54, 1.807) is 0 Å². The fraction of sp³-hybridized carbons (Fsp3) is 0.333. The number of benzene rings is 2. The molecule has 1 unspecified atom stereocenters. The predicted octanol–water partition coefficient (Wildman–Crippen LogP) is 5.17. The van der Waals surface area contributed by atoms with Crippen molar-refractivity contribution >= 4 is 23.0 Å². The van der Waals surface area contributed by atoms with Crippen LogP contribution in [-0.2, 0) is 0 Å². The summed E-state index contributed by atoms with van der Waals surface area (Å²) in [6.45, 7) is 5.32. The average Bonchev–Trinajstić information content (AvgIpc) is 2.52. The van der Waals surface area contributed by atoms with Crippen LogP contribution in [0.5, 0.6) is 0 Å². The summed E-state index contributed by atoms with van der Waals surface area (Å²) in [6.07, 6.45) is 1.12. The molecule has 0 aliphatic rings. The number of rotatable bonds is 6. The van der Waals surface area contributed by atoms with Crippen LogP contribution >= 0.6 is 11.6 Å². The Morgan fingerprint density at radius 2 is 1.81 bits per heavy atom. The Bertz CT molecular complexity index is 569. The number of para-hydroxylation sites is 1. The summed E-state index contributed by atoms with van der Waals surface area (Å²) in [5.74, 6) is 0. The van der Waals surface area contributed by atoms with E-state index < -0.39 is 0 Å². The van der Waals surface area contributed by atoms with Gasteiger partial charge in [-0.2, -0.15) is 0 Å². The molecule has 0 fully saturated rings. The lowest BCUT2D eigenvalue weighted by Gasteiger charge is -2.22. The number of anilines is 2. The Morgan fingerprint density at radius 3 is 2.43 bits per heavy atom. The number of hydrogen-bond donors (Lipinski definition) is 1. The molecule has 2 nitrogen and oxygen atoms in total. The Hall–Kier alpha value is -1.51. The van der Waals surface area contributed by atoms with Crippen molar-refractivity contribution in [3.8, 4) is 0 Å². The van der Waals surface area contributed by atoms with Crippen molar-refractivity contribution < 1.29 is 0 Å². The zero-order chi connectivity index (χ0) is 15.2. The maximum atomic E-state index is 6.47. The summed E-state index contributed by atoms with van der Waals surface area (Å²) in [7, 11) is 2.05. The first kappa shape index (κ1) is 15.9. The van der Waals surface area contributed by atoms with Gasteiger partial charge in [-0.1, -0.05) is 42.8 Å². The molecular formula is C18H23ClN2. The van der Waals surface area contributed by atoms with Crippen LogP contribution in [0.1, 0.15) is 31.9 Å². The van der Waals surface area contributed by atoms with Crippen molar-refractivity contribution in [1.82, 2.24) is 5.32 Å². The van der Waals surface area contributed by atoms with Crippen LogP contribution in [0.2, 0.25) is 5.02 Å². The molecule has 1 atom stereocenters. The van der Waals surface area contributed by atoms with Gasteiger partial charge in [0.1, 0.15) is 0 Å². The number of nitrogens with zero attached hydrogens (tertiary/aromatic N) is 1. The largest absolute Gasteiger partial charge is 0.345 e. The summed E-state index contributed by atoms with van der Waals surface area (Å²) < 4.78 is 0. The van der Waals surface area contributed by atoms with Crippen LogP contribution in [0.3, 0.4) is 0 Å². The smallest absolute Gasteiger partial charge is 0.0474 e. The molecule has 0 radical (unpaired) electrons. The number of hydrogen-bond acceptors (Lipinski definition) is 2. The Balaban J connectivity index is 2.19. The lowest BCUT2D eigenvalue weighted by Crippen LogP contribution is -2.19. The van der Waals surface area contributed by atoms with Gasteiger partial charge >= 0.3 is 0 Å². The third-order valence-corrected chi connectivity index (χ3v) is 4.01. The molecule has 0 bridgehead atoms. The van der Waals surface area contributed by atoms with Crippen molar-refractivity contribution in [3.05, 3.63) is 59.1 Å². The van der Waals surface area contributed by atoms with Gasteiger partial charge in [0, 0.05) is 29.5 Å². The molecule has 0 saturated heterocycles. The van der Waals surface area contributed by atoms with Crippen molar-refractivity contribution in [2.45, 2.75) is 26.3 Å². The van der Waals surface area contributed by atoms with E-state index in [0.717, 1.165) is 34.9 Å². The summed E-state index contributed by atoms with van der Waals surface area (Å²) in [5.41, 5.74) is 3.39. The van der Waals surface area contributed by atoms with E-state index in [9.17, 15) is 0 Å². The van der Waals surface area contributed by atoms with Gasteiger partial charge in [-0.25, -0.2) is 0 Å². The van der Waals surface area contributed by atoms with Crippen molar-refractivity contribution in [3.63, 3.8) is 0 Å². The minimum absolute atomic E-state index is 0.272. The maximum Gasteiger partial charge on any atom is 0.0474 e. The van der Waals surface area contributed by atoms with E-state index in [1.807, 2.05) is 24.3 Å². The third-order valence-electron chi connectivity index (χ3n) is 3.68. The van der Waals surface area contributed by atoms with E-state index in [1.165, 1.54) is 0 Å². The summed E-state index contributed by atoms with van der Waals surface area (Å²) >= 11 is 6.47. The van der Waals surface area contributed by atoms with Gasteiger partial charge in [0.05, 0.1) is 0 Å².